The molecule has 0 aromatic heterocycles. The summed E-state index contributed by atoms with van der Waals surface area (Å²) in [5, 5.41) is 3.03. The van der Waals surface area contributed by atoms with Crippen molar-refractivity contribution in [3.8, 4) is 0 Å². The van der Waals surface area contributed by atoms with E-state index in [1.165, 1.54) is 0 Å². The molecule has 1 N–H and O–H groups in total. The Labute approximate surface area is 95.5 Å². The molecule has 0 bridgehead atoms. The van der Waals surface area contributed by atoms with E-state index in [9.17, 15) is 13.2 Å². The van der Waals surface area contributed by atoms with Gasteiger partial charge in [-0.1, -0.05) is 0 Å². The van der Waals surface area contributed by atoms with Gasteiger partial charge in [0.15, 0.2) is 9.84 Å². The number of hydrogen-bond acceptors (Lipinski definition) is 5. The first kappa shape index (κ1) is 11.9. The third kappa shape index (κ3) is 3.75. The maximum absolute atomic E-state index is 11.4. The molecule has 1 atom stereocenters. The van der Waals surface area contributed by atoms with Crippen LogP contribution in [-0.2, 0) is 19.4 Å². The lowest BCUT2D eigenvalue weighted by molar-refractivity contribution is -0.144. The molecule has 1 unspecified atom stereocenters. The summed E-state index contributed by atoms with van der Waals surface area (Å²) in [5.41, 5.74) is 0. The van der Waals surface area contributed by atoms with Gasteiger partial charge in [0.2, 0.25) is 0 Å². The van der Waals surface area contributed by atoms with Gasteiger partial charge >= 0.3 is 5.97 Å². The summed E-state index contributed by atoms with van der Waals surface area (Å²) in [6.07, 6.45) is 2.44. The van der Waals surface area contributed by atoms with Gasteiger partial charge < -0.3 is 10.1 Å². The number of esters is 1. The topological polar surface area (TPSA) is 72.5 Å². The van der Waals surface area contributed by atoms with Crippen LogP contribution in [0.25, 0.3) is 0 Å². The normalized spacial score (nSPS) is 28.6. The Morgan fingerprint density at radius 2 is 2.12 bits per heavy atom. The molecule has 0 aromatic carbocycles. The molecule has 0 radical (unpaired) electrons. The molecular formula is C10H17NO4S. The van der Waals surface area contributed by atoms with Crippen molar-refractivity contribution in [1.82, 2.24) is 5.32 Å². The van der Waals surface area contributed by atoms with E-state index in [0.29, 0.717) is 19.1 Å². The number of sulfone groups is 1. The first-order chi connectivity index (χ1) is 7.55. The second-order valence-electron chi connectivity index (χ2n) is 4.60. The maximum atomic E-state index is 11.4. The van der Waals surface area contributed by atoms with Crippen molar-refractivity contribution in [1.29, 1.82) is 0 Å². The maximum Gasteiger partial charge on any atom is 0.307 e. The summed E-state index contributed by atoms with van der Waals surface area (Å²) < 4.78 is 27.7. The molecular weight excluding hydrogens is 230 g/mol. The Kier molecular flexibility index (Phi) is 3.49. The van der Waals surface area contributed by atoms with Gasteiger partial charge in [0, 0.05) is 12.6 Å². The van der Waals surface area contributed by atoms with Crippen molar-refractivity contribution in [3.05, 3.63) is 0 Å². The zero-order chi connectivity index (χ0) is 11.6. The minimum atomic E-state index is -2.97. The minimum absolute atomic E-state index is 0.0472. The molecule has 6 heteroatoms. The molecule has 5 nitrogen and oxygen atoms in total. The predicted molar refractivity (Wildman–Crippen MR) is 58.7 cm³/mol. The van der Waals surface area contributed by atoms with Crippen molar-refractivity contribution in [2.75, 3.05) is 24.7 Å². The van der Waals surface area contributed by atoms with Crippen LogP contribution in [0.4, 0.5) is 0 Å². The molecule has 2 aliphatic rings. The Hall–Kier alpha value is -0.620. The highest BCUT2D eigenvalue weighted by molar-refractivity contribution is 7.91. The van der Waals surface area contributed by atoms with Gasteiger partial charge in [-0.15, -0.1) is 0 Å². The minimum Gasteiger partial charge on any atom is -0.465 e. The van der Waals surface area contributed by atoms with Crippen LogP contribution < -0.4 is 5.32 Å². The molecule has 1 aliphatic carbocycles. The fourth-order valence-corrected chi connectivity index (χ4v) is 3.20. The quantitative estimate of drug-likeness (QED) is 0.692. The largest absolute Gasteiger partial charge is 0.465 e. The molecule has 1 saturated heterocycles. The van der Waals surface area contributed by atoms with E-state index in [4.69, 9.17) is 4.74 Å². The molecule has 1 heterocycles. The van der Waals surface area contributed by atoms with Crippen molar-refractivity contribution < 1.29 is 17.9 Å². The van der Waals surface area contributed by atoms with Gasteiger partial charge in [0.1, 0.15) is 0 Å². The Morgan fingerprint density at radius 1 is 1.38 bits per heavy atom. The number of hydrogen-bond donors (Lipinski definition) is 1. The van der Waals surface area contributed by atoms with E-state index in [1.54, 1.807) is 0 Å². The number of carbonyl (C=O) groups excluding carboxylic acids is 1. The highest BCUT2D eigenvalue weighted by Crippen LogP contribution is 2.28. The van der Waals surface area contributed by atoms with Gasteiger partial charge in [-0.2, -0.15) is 0 Å². The van der Waals surface area contributed by atoms with Crippen LogP contribution in [0.1, 0.15) is 19.3 Å². The van der Waals surface area contributed by atoms with E-state index in [0.717, 1.165) is 12.8 Å². The Balaban J connectivity index is 1.72. The predicted octanol–water partition coefficient (Wildman–Crippen LogP) is -0.284. The van der Waals surface area contributed by atoms with Crippen LogP contribution in [0.2, 0.25) is 0 Å². The lowest BCUT2D eigenvalue weighted by Crippen LogP contribution is -2.46. The summed E-state index contributed by atoms with van der Waals surface area (Å²) in [5.74, 6) is 0.472. The second-order valence-corrected chi connectivity index (χ2v) is 6.82. The summed E-state index contributed by atoms with van der Waals surface area (Å²) in [7, 11) is -2.97. The summed E-state index contributed by atoms with van der Waals surface area (Å²) in [4.78, 5) is 11.4. The van der Waals surface area contributed by atoms with Crippen molar-refractivity contribution in [2.45, 2.75) is 25.3 Å². The average molecular weight is 247 g/mol. The van der Waals surface area contributed by atoms with E-state index in [1.807, 2.05) is 0 Å². The van der Waals surface area contributed by atoms with Crippen molar-refractivity contribution in [3.63, 3.8) is 0 Å². The third-order valence-electron chi connectivity index (χ3n) is 2.89. The molecule has 2 rings (SSSR count). The molecule has 1 aliphatic heterocycles. The molecule has 2 fully saturated rings. The van der Waals surface area contributed by atoms with Gasteiger partial charge in [0.25, 0.3) is 0 Å². The van der Waals surface area contributed by atoms with Crippen molar-refractivity contribution >= 4 is 15.8 Å². The first-order valence-corrected chi connectivity index (χ1v) is 7.47. The molecule has 92 valence electrons. The van der Waals surface area contributed by atoms with Crippen LogP contribution >= 0.6 is 0 Å². The fraction of sp³-hybridized carbons (Fsp3) is 0.900. The first-order valence-electron chi connectivity index (χ1n) is 5.64. The van der Waals surface area contributed by atoms with Crippen LogP contribution in [0.15, 0.2) is 0 Å². The fourth-order valence-electron chi connectivity index (χ4n) is 1.75. The third-order valence-corrected chi connectivity index (χ3v) is 4.63. The highest BCUT2D eigenvalue weighted by Gasteiger charge is 2.28. The summed E-state index contributed by atoms with van der Waals surface area (Å²) in [6.45, 7) is 0.932. The number of ether oxygens (including phenoxy) is 1. The Morgan fingerprint density at radius 3 is 2.75 bits per heavy atom. The zero-order valence-corrected chi connectivity index (χ0v) is 9.96. The Bertz CT molecular complexity index is 361. The van der Waals surface area contributed by atoms with E-state index in [2.05, 4.69) is 5.32 Å². The molecule has 0 amide bonds. The van der Waals surface area contributed by atoms with Gasteiger partial charge in [-0.25, -0.2) is 8.42 Å². The molecule has 1 saturated carbocycles. The lowest BCUT2D eigenvalue weighted by Gasteiger charge is -2.22. The highest BCUT2D eigenvalue weighted by atomic mass is 32.2. The monoisotopic (exact) mass is 247 g/mol. The van der Waals surface area contributed by atoms with Gasteiger partial charge in [0.05, 0.1) is 24.5 Å². The number of nitrogens with one attached hydrogen (secondary N) is 1. The lowest BCUT2D eigenvalue weighted by atomic mass is 10.2. The van der Waals surface area contributed by atoms with Crippen LogP contribution in [0.5, 0.6) is 0 Å². The van der Waals surface area contributed by atoms with Gasteiger partial charge in [-0.05, 0) is 18.8 Å². The second kappa shape index (κ2) is 4.71. The molecule has 16 heavy (non-hydrogen) atoms. The van der Waals surface area contributed by atoms with Gasteiger partial charge in [-0.3, -0.25) is 4.79 Å². The number of rotatable bonds is 4. The summed E-state index contributed by atoms with van der Waals surface area (Å²) >= 11 is 0. The van der Waals surface area contributed by atoms with Crippen molar-refractivity contribution in [2.24, 2.45) is 5.92 Å². The SMILES string of the molecule is O=C(CC1CS(=O)(=O)CCN1)OCC1CC1. The van der Waals surface area contributed by atoms with Crippen LogP contribution in [0.3, 0.4) is 0 Å². The van der Waals surface area contributed by atoms with Crippen LogP contribution in [-0.4, -0.2) is 45.1 Å². The average Bonchev–Trinajstić information content (AvgIpc) is 2.96. The molecule has 0 spiro atoms. The standard InChI is InChI=1S/C10H17NO4S/c12-10(15-6-8-1-2-8)5-9-7-16(13,14)4-3-11-9/h8-9,11H,1-7H2. The van der Waals surface area contributed by atoms with E-state index in [-0.39, 0.29) is 29.9 Å². The smallest absolute Gasteiger partial charge is 0.307 e. The zero-order valence-electron chi connectivity index (χ0n) is 9.15. The van der Waals surface area contributed by atoms with E-state index >= 15 is 0 Å². The molecule has 0 aromatic rings. The van der Waals surface area contributed by atoms with E-state index < -0.39 is 9.84 Å². The summed E-state index contributed by atoms with van der Waals surface area (Å²) in [6, 6.07) is -0.273. The van der Waals surface area contributed by atoms with Crippen LogP contribution in [0, 0.1) is 5.92 Å². The number of carbonyl (C=O) groups is 1.